The number of allylic oxidation sites excluding steroid dienone is 4. The molecular weight excluding hydrogens is 256 g/mol. The molecule has 0 spiro atoms. The van der Waals surface area contributed by atoms with Gasteiger partial charge in [-0.1, -0.05) is 13.5 Å². The molecule has 2 aliphatic carbocycles. The van der Waals surface area contributed by atoms with Crippen molar-refractivity contribution in [2.45, 2.75) is 57.8 Å². The van der Waals surface area contributed by atoms with Gasteiger partial charge in [0.15, 0.2) is 0 Å². The van der Waals surface area contributed by atoms with Crippen LogP contribution in [0.2, 0.25) is 0 Å². The lowest BCUT2D eigenvalue weighted by Crippen LogP contribution is -2.39. The Kier molecular flexibility index (Phi) is 4.88. The van der Waals surface area contributed by atoms with Crippen LogP contribution in [0.25, 0.3) is 0 Å². The van der Waals surface area contributed by atoms with Gasteiger partial charge in [-0.25, -0.2) is 4.79 Å². The molecule has 0 N–H and O–H groups in total. The van der Waals surface area contributed by atoms with Crippen molar-refractivity contribution in [3.8, 4) is 0 Å². The molecule has 2 aliphatic rings. The molecule has 20 heavy (non-hydrogen) atoms. The van der Waals surface area contributed by atoms with Gasteiger partial charge in [-0.15, -0.1) is 0 Å². The highest BCUT2D eigenvalue weighted by molar-refractivity contribution is 5.81. The number of esters is 1. The summed E-state index contributed by atoms with van der Waals surface area (Å²) in [6, 6.07) is 0. The maximum Gasteiger partial charge on any atom is 0.418 e. The minimum Gasteiger partial charge on any atom is -0.425 e. The summed E-state index contributed by atoms with van der Waals surface area (Å²) in [5.41, 5.74) is 0. The molecule has 0 saturated heterocycles. The molecule has 0 heterocycles. The largest absolute Gasteiger partial charge is 0.425 e. The van der Waals surface area contributed by atoms with Crippen LogP contribution in [0.5, 0.6) is 0 Å². The van der Waals surface area contributed by atoms with Gasteiger partial charge in [0.25, 0.3) is 0 Å². The molecule has 0 bridgehead atoms. The Morgan fingerprint density at radius 1 is 1.25 bits per heavy atom. The second-order valence-electron chi connectivity index (χ2n) is 4.99. The quantitative estimate of drug-likeness (QED) is 0.402. The van der Waals surface area contributed by atoms with Crippen molar-refractivity contribution in [2.75, 3.05) is 0 Å². The van der Waals surface area contributed by atoms with E-state index in [9.17, 15) is 4.79 Å². The summed E-state index contributed by atoms with van der Waals surface area (Å²) in [6.07, 6.45) is 11.4. The van der Waals surface area contributed by atoms with E-state index in [4.69, 9.17) is 14.2 Å². The second-order valence-corrected chi connectivity index (χ2v) is 4.99. The molecule has 0 amide bonds. The van der Waals surface area contributed by atoms with Crippen LogP contribution in [-0.4, -0.2) is 11.9 Å². The highest BCUT2D eigenvalue weighted by Crippen LogP contribution is 2.33. The Hall–Kier alpha value is -1.71. The first kappa shape index (κ1) is 14.7. The molecule has 0 aromatic rings. The molecular formula is C16H22O4. The third-order valence-corrected chi connectivity index (χ3v) is 3.43. The number of carbonyl (C=O) groups is 1. The Bertz CT molecular complexity index is 408. The SMILES string of the molecule is C=CC(=O)OC(CC)(OC1=CCCC1)OC1=CCCC1. The summed E-state index contributed by atoms with van der Waals surface area (Å²) in [7, 11) is 0. The molecule has 4 nitrogen and oxygen atoms in total. The van der Waals surface area contributed by atoms with Gasteiger partial charge >= 0.3 is 11.9 Å². The fourth-order valence-electron chi connectivity index (χ4n) is 2.34. The molecule has 0 aromatic carbocycles. The third-order valence-electron chi connectivity index (χ3n) is 3.43. The highest BCUT2D eigenvalue weighted by Gasteiger charge is 2.39. The van der Waals surface area contributed by atoms with Crippen LogP contribution < -0.4 is 0 Å². The Morgan fingerprint density at radius 2 is 1.80 bits per heavy atom. The normalized spacial score (nSPS) is 18.2. The molecule has 4 heteroatoms. The molecule has 110 valence electrons. The van der Waals surface area contributed by atoms with Crippen LogP contribution in [0, 0.1) is 0 Å². The van der Waals surface area contributed by atoms with Gasteiger partial charge in [0.2, 0.25) is 0 Å². The van der Waals surface area contributed by atoms with E-state index in [1.807, 2.05) is 19.1 Å². The molecule has 0 atom stereocenters. The van der Waals surface area contributed by atoms with Crippen LogP contribution in [0.1, 0.15) is 51.9 Å². The maximum absolute atomic E-state index is 11.6. The summed E-state index contributed by atoms with van der Waals surface area (Å²) in [6.45, 7) is 5.30. The van der Waals surface area contributed by atoms with Crippen molar-refractivity contribution in [1.82, 2.24) is 0 Å². The molecule has 0 fully saturated rings. The lowest BCUT2D eigenvalue weighted by molar-refractivity contribution is -0.333. The van der Waals surface area contributed by atoms with Gasteiger partial charge < -0.3 is 14.2 Å². The van der Waals surface area contributed by atoms with Gasteiger partial charge in [0.05, 0.1) is 6.42 Å². The van der Waals surface area contributed by atoms with E-state index in [2.05, 4.69) is 6.58 Å². The number of hydrogen-bond acceptors (Lipinski definition) is 4. The lowest BCUT2D eigenvalue weighted by atomic mass is 10.3. The average Bonchev–Trinajstić information content (AvgIpc) is 3.12. The maximum atomic E-state index is 11.6. The van der Waals surface area contributed by atoms with Gasteiger partial charge in [-0.05, 0) is 37.8 Å². The van der Waals surface area contributed by atoms with E-state index in [-0.39, 0.29) is 0 Å². The Morgan fingerprint density at radius 3 is 2.15 bits per heavy atom. The molecule has 0 radical (unpaired) electrons. The van der Waals surface area contributed by atoms with E-state index in [1.54, 1.807) is 0 Å². The van der Waals surface area contributed by atoms with E-state index in [0.29, 0.717) is 6.42 Å². The highest BCUT2D eigenvalue weighted by atomic mass is 16.9. The summed E-state index contributed by atoms with van der Waals surface area (Å²) < 4.78 is 17.2. The molecule has 2 rings (SSSR count). The number of carbonyl (C=O) groups excluding carboxylic acids is 1. The summed E-state index contributed by atoms with van der Waals surface area (Å²) >= 11 is 0. The van der Waals surface area contributed by atoms with Gasteiger partial charge in [0, 0.05) is 18.9 Å². The van der Waals surface area contributed by atoms with Crippen molar-refractivity contribution >= 4 is 5.97 Å². The minimum atomic E-state index is -1.36. The van der Waals surface area contributed by atoms with Gasteiger partial charge in [0.1, 0.15) is 11.5 Å². The molecule has 0 saturated carbocycles. The minimum absolute atomic E-state index is 0.418. The number of ether oxygens (including phenoxy) is 3. The zero-order valence-corrected chi connectivity index (χ0v) is 12.0. The smallest absolute Gasteiger partial charge is 0.418 e. The summed E-state index contributed by atoms with van der Waals surface area (Å²) in [4.78, 5) is 11.6. The van der Waals surface area contributed by atoms with Crippen LogP contribution in [-0.2, 0) is 19.0 Å². The van der Waals surface area contributed by atoms with Crippen molar-refractivity contribution in [1.29, 1.82) is 0 Å². The molecule has 0 aliphatic heterocycles. The van der Waals surface area contributed by atoms with Gasteiger partial charge in [-0.3, -0.25) is 0 Å². The van der Waals surface area contributed by atoms with Crippen molar-refractivity contribution in [3.05, 3.63) is 36.3 Å². The first-order valence-corrected chi connectivity index (χ1v) is 7.29. The topological polar surface area (TPSA) is 44.8 Å². The fourth-order valence-corrected chi connectivity index (χ4v) is 2.34. The number of rotatable bonds is 7. The van der Waals surface area contributed by atoms with Gasteiger partial charge in [-0.2, -0.15) is 0 Å². The predicted molar refractivity (Wildman–Crippen MR) is 75.3 cm³/mol. The summed E-state index contributed by atoms with van der Waals surface area (Å²) in [5.74, 6) is -0.230. The summed E-state index contributed by atoms with van der Waals surface area (Å²) in [5, 5.41) is 0. The third kappa shape index (κ3) is 3.65. The van der Waals surface area contributed by atoms with Crippen molar-refractivity contribution in [2.24, 2.45) is 0 Å². The van der Waals surface area contributed by atoms with Crippen molar-refractivity contribution < 1.29 is 19.0 Å². The predicted octanol–water partition coefficient (Wildman–Crippen LogP) is 3.95. The van der Waals surface area contributed by atoms with Crippen LogP contribution in [0.4, 0.5) is 0 Å². The van der Waals surface area contributed by atoms with E-state index < -0.39 is 11.9 Å². The Balaban J connectivity index is 2.13. The monoisotopic (exact) mass is 278 g/mol. The first-order chi connectivity index (χ1) is 9.67. The number of hydrogen-bond donors (Lipinski definition) is 0. The molecule has 0 unspecified atom stereocenters. The van der Waals surface area contributed by atoms with E-state index >= 15 is 0 Å². The van der Waals surface area contributed by atoms with E-state index in [1.165, 1.54) is 0 Å². The second kappa shape index (κ2) is 6.64. The lowest BCUT2D eigenvalue weighted by Gasteiger charge is -2.33. The standard InChI is InChI=1S/C16H22O4/c1-3-15(17)20-16(4-2,18-13-9-5-6-10-13)19-14-11-7-8-12-14/h3,9,11H,1,4-8,10,12H2,2H3. The zero-order valence-electron chi connectivity index (χ0n) is 12.0. The first-order valence-electron chi connectivity index (χ1n) is 7.29. The average molecular weight is 278 g/mol. The van der Waals surface area contributed by atoms with Crippen molar-refractivity contribution in [3.63, 3.8) is 0 Å². The fraction of sp³-hybridized carbons (Fsp3) is 0.562. The molecule has 0 aromatic heterocycles. The van der Waals surface area contributed by atoms with Crippen LogP contribution in [0.15, 0.2) is 36.3 Å². The van der Waals surface area contributed by atoms with E-state index in [0.717, 1.165) is 56.1 Å². The van der Waals surface area contributed by atoms with Crippen LogP contribution >= 0.6 is 0 Å². The zero-order chi connectivity index (χ0) is 14.4. The van der Waals surface area contributed by atoms with Crippen LogP contribution in [0.3, 0.4) is 0 Å². The Labute approximate surface area is 120 Å².